The Morgan fingerprint density at radius 1 is 1.29 bits per heavy atom. The number of hydrogen-bond donors (Lipinski definition) is 2. The zero-order chi connectivity index (χ0) is 19.9. The van der Waals surface area contributed by atoms with Crippen LogP contribution in [-0.4, -0.2) is 29.6 Å². The Morgan fingerprint density at radius 2 is 2.07 bits per heavy atom. The maximum atomic E-state index is 11.9. The topological polar surface area (TPSA) is 110 Å². The van der Waals surface area contributed by atoms with Crippen LogP contribution in [0.15, 0.2) is 39.9 Å². The standard InChI is InChI=1S/C20H24N4O4/c1-14-7-9-17(18(11-14)24(26)27)19-10-8-16(28-19)12-22-23-20(25)13-21-15-5-3-2-4-6-15/h7-12,15,21H,2-6,13H2,1H3,(H,23,25)/b22-12-. The van der Waals surface area contributed by atoms with E-state index in [1.807, 2.05) is 0 Å². The summed E-state index contributed by atoms with van der Waals surface area (Å²) in [6.07, 6.45) is 7.27. The quantitative estimate of drug-likeness (QED) is 0.431. The summed E-state index contributed by atoms with van der Waals surface area (Å²) < 4.78 is 5.62. The van der Waals surface area contributed by atoms with E-state index in [9.17, 15) is 14.9 Å². The van der Waals surface area contributed by atoms with Gasteiger partial charge >= 0.3 is 0 Å². The molecule has 0 saturated heterocycles. The highest BCUT2D eigenvalue weighted by atomic mass is 16.6. The van der Waals surface area contributed by atoms with Crippen molar-refractivity contribution >= 4 is 17.8 Å². The van der Waals surface area contributed by atoms with Crippen molar-refractivity contribution in [1.29, 1.82) is 0 Å². The van der Waals surface area contributed by atoms with E-state index in [4.69, 9.17) is 4.42 Å². The molecule has 1 heterocycles. The van der Waals surface area contributed by atoms with Crippen LogP contribution in [0.3, 0.4) is 0 Å². The molecule has 2 N–H and O–H groups in total. The summed E-state index contributed by atoms with van der Waals surface area (Å²) >= 11 is 0. The lowest BCUT2D eigenvalue weighted by atomic mass is 9.95. The van der Waals surface area contributed by atoms with Gasteiger partial charge in [0, 0.05) is 12.1 Å². The predicted molar refractivity (Wildman–Crippen MR) is 106 cm³/mol. The molecule has 8 nitrogen and oxygen atoms in total. The van der Waals surface area contributed by atoms with E-state index in [2.05, 4.69) is 15.8 Å². The highest BCUT2D eigenvalue weighted by Gasteiger charge is 2.18. The summed E-state index contributed by atoms with van der Waals surface area (Å²) in [7, 11) is 0. The van der Waals surface area contributed by atoms with Gasteiger partial charge in [-0.1, -0.05) is 25.3 Å². The minimum Gasteiger partial charge on any atom is -0.455 e. The van der Waals surface area contributed by atoms with Gasteiger partial charge in [0.05, 0.1) is 23.2 Å². The molecule has 8 heteroatoms. The molecule has 1 amide bonds. The van der Waals surface area contributed by atoms with E-state index < -0.39 is 4.92 Å². The van der Waals surface area contributed by atoms with Crippen molar-refractivity contribution in [3.63, 3.8) is 0 Å². The highest BCUT2D eigenvalue weighted by molar-refractivity contribution is 5.82. The Kier molecular flexibility index (Phi) is 6.54. The molecule has 28 heavy (non-hydrogen) atoms. The number of hydrazone groups is 1. The third-order valence-electron chi connectivity index (χ3n) is 4.78. The second-order valence-electron chi connectivity index (χ2n) is 6.99. The van der Waals surface area contributed by atoms with Crippen LogP contribution in [0.25, 0.3) is 11.3 Å². The molecule has 0 spiro atoms. The number of benzene rings is 1. The van der Waals surface area contributed by atoms with Crippen molar-refractivity contribution in [3.8, 4) is 11.3 Å². The first-order valence-electron chi connectivity index (χ1n) is 9.43. The zero-order valence-electron chi connectivity index (χ0n) is 15.8. The molecule has 3 rings (SSSR count). The number of nitrogens with zero attached hydrogens (tertiary/aromatic N) is 2. The van der Waals surface area contributed by atoms with Crippen LogP contribution in [0.4, 0.5) is 5.69 Å². The highest BCUT2D eigenvalue weighted by Crippen LogP contribution is 2.31. The largest absolute Gasteiger partial charge is 0.455 e. The molecule has 0 aliphatic heterocycles. The van der Waals surface area contributed by atoms with Gasteiger partial charge in [0.2, 0.25) is 0 Å². The normalized spacial score (nSPS) is 15.0. The Bertz CT molecular complexity index is 869. The van der Waals surface area contributed by atoms with Crippen LogP contribution in [0, 0.1) is 17.0 Å². The maximum Gasteiger partial charge on any atom is 0.280 e. The van der Waals surface area contributed by atoms with E-state index in [-0.39, 0.29) is 18.1 Å². The lowest BCUT2D eigenvalue weighted by molar-refractivity contribution is -0.384. The molecule has 1 saturated carbocycles. The molecule has 1 aromatic heterocycles. The van der Waals surface area contributed by atoms with Gasteiger partial charge in [0.25, 0.3) is 11.6 Å². The van der Waals surface area contributed by atoms with Gasteiger partial charge in [0.15, 0.2) is 0 Å². The van der Waals surface area contributed by atoms with Gasteiger partial charge in [-0.05, 0) is 43.5 Å². The molecule has 0 atom stereocenters. The molecule has 0 radical (unpaired) electrons. The van der Waals surface area contributed by atoms with Crippen molar-refractivity contribution in [2.24, 2.45) is 5.10 Å². The average Bonchev–Trinajstić information content (AvgIpc) is 3.16. The molecule has 1 aliphatic rings. The molecule has 0 unspecified atom stereocenters. The van der Waals surface area contributed by atoms with Crippen molar-refractivity contribution in [3.05, 3.63) is 51.8 Å². The third kappa shape index (κ3) is 5.26. The zero-order valence-corrected chi connectivity index (χ0v) is 15.8. The predicted octanol–water partition coefficient (Wildman–Crippen LogP) is 3.54. The number of aryl methyl sites for hydroxylation is 1. The molecule has 1 fully saturated rings. The Labute approximate surface area is 163 Å². The summed E-state index contributed by atoms with van der Waals surface area (Å²) in [5.74, 6) is 0.548. The minimum absolute atomic E-state index is 0.0140. The van der Waals surface area contributed by atoms with Crippen LogP contribution in [0.1, 0.15) is 43.4 Å². The van der Waals surface area contributed by atoms with E-state index in [0.717, 1.165) is 18.4 Å². The number of amides is 1. The van der Waals surface area contributed by atoms with Crippen molar-refractivity contribution in [2.75, 3.05) is 6.54 Å². The summed E-state index contributed by atoms with van der Waals surface area (Å²) in [5.41, 5.74) is 3.64. The summed E-state index contributed by atoms with van der Waals surface area (Å²) in [5, 5.41) is 18.4. The first kappa shape index (κ1) is 19.8. The van der Waals surface area contributed by atoms with Gasteiger partial charge in [-0.3, -0.25) is 14.9 Å². The van der Waals surface area contributed by atoms with E-state index in [0.29, 0.717) is 23.1 Å². The van der Waals surface area contributed by atoms with Crippen molar-refractivity contribution in [2.45, 2.75) is 45.1 Å². The number of nitro groups is 1. The first-order valence-corrected chi connectivity index (χ1v) is 9.43. The van der Waals surface area contributed by atoms with Crippen molar-refractivity contribution < 1.29 is 14.1 Å². The SMILES string of the molecule is Cc1ccc(-c2ccc(/C=N\NC(=O)CNC3CCCCC3)o2)c([N+](=O)[O-])c1. The summed E-state index contributed by atoms with van der Waals surface area (Å²) in [6, 6.07) is 8.65. The maximum absolute atomic E-state index is 11.9. The molecule has 1 aromatic carbocycles. The van der Waals surface area contributed by atoms with Crippen LogP contribution in [0.5, 0.6) is 0 Å². The molecular formula is C20H24N4O4. The number of rotatable bonds is 7. The van der Waals surface area contributed by atoms with Gasteiger partial charge in [-0.15, -0.1) is 0 Å². The lowest BCUT2D eigenvalue weighted by Crippen LogP contribution is -2.38. The molecule has 2 aromatic rings. The minimum atomic E-state index is -0.432. The second-order valence-corrected chi connectivity index (χ2v) is 6.99. The van der Waals surface area contributed by atoms with Gasteiger partial charge in [-0.2, -0.15) is 5.10 Å². The lowest BCUT2D eigenvalue weighted by Gasteiger charge is -2.22. The fourth-order valence-electron chi connectivity index (χ4n) is 3.32. The van der Waals surface area contributed by atoms with E-state index in [1.165, 1.54) is 31.5 Å². The molecule has 1 aliphatic carbocycles. The third-order valence-corrected chi connectivity index (χ3v) is 4.78. The fraction of sp³-hybridized carbons (Fsp3) is 0.400. The van der Waals surface area contributed by atoms with Gasteiger partial charge < -0.3 is 9.73 Å². The Hall–Kier alpha value is -3.00. The number of hydrogen-bond acceptors (Lipinski definition) is 6. The Morgan fingerprint density at radius 3 is 2.82 bits per heavy atom. The number of nitro benzene ring substituents is 1. The van der Waals surface area contributed by atoms with Crippen LogP contribution in [0.2, 0.25) is 0 Å². The molecular weight excluding hydrogens is 360 g/mol. The number of furan rings is 1. The number of carbonyl (C=O) groups is 1. The second kappa shape index (κ2) is 9.27. The Balaban J connectivity index is 1.56. The van der Waals surface area contributed by atoms with Crippen LogP contribution < -0.4 is 10.7 Å². The fourth-order valence-corrected chi connectivity index (χ4v) is 3.32. The van der Waals surface area contributed by atoms with Crippen LogP contribution in [-0.2, 0) is 4.79 Å². The summed E-state index contributed by atoms with van der Waals surface area (Å²) in [4.78, 5) is 22.7. The monoisotopic (exact) mass is 384 g/mol. The molecule has 0 bridgehead atoms. The number of carbonyl (C=O) groups excluding carboxylic acids is 1. The van der Waals surface area contributed by atoms with Gasteiger partial charge in [-0.25, -0.2) is 5.43 Å². The summed E-state index contributed by atoms with van der Waals surface area (Å²) in [6.45, 7) is 2.02. The molecule has 148 valence electrons. The number of nitrogens with one attached hydrogen (secondary N) is 2. The smallest absolute Gasteiger partial charge is 0.280 e. The van der Waals surface area contributed by atoms with Crippen LogP contribution >= 0.6 is 0 Å². The average molecular weight is 384 g/mol. The van der Waals surface area contributed by atoms with Gasteiger partial charge in [0.1, 0.15) is 11.5 Å². The van der Waals surface area contributed by atoms with E-state index >= 15 is 0 Å². The van der Waals surface area contributed by atoms with E-state index in [1.54, 1.807) is 31.2 Å². The van der Waals surface area contributed by atoms with Crippen molar-refractivity contribution in [1.82, 2.24) is 10.7 Å². The first-order chi connectivity index (χ1) is 13.5.